The van der Waals surface area contributed by atoms with E-state index in [1.54, 1.807) is 6.26 Å². The predicted octanol–water partition coefficient (Wildman–Crippen LogP) is 2.30. The van der Waals surface area contributed by atoms with Gasteiger partial charge >= 0.3 is 0 Å². The maximum Gasteiger partial charge on any atom is 0.226 e. The van der Waals surface area contributed by atoms with Crippen molar-refractivity contribution in [2.45, 2.75) is 25.5 Å². The van der Waals surface area contributed by atoms with Gasteiger partial charge in [0, 0.05) is 25.2 Å². The Morgan fingerprint density at radius 3 is 2.74 bits per heavy atom. The first-order valence-electron chi connectivity index (χ1n) is 6.63. The second kappa shape index (κ2) is 4.79. The molecule has 1 saturated heterocycles. The minimum Gasteiger partial charge on any atom is -0.444 e. The lowest BCUT2D eigenvalue weighted by molar-refractivity contribution is -0.103. The minimum atomic E-state index is -0.494. The van der Waals surface area contributed by atoms with E-state index in [9.17, 15) is 5.11 Å². The van der Waals surface area contributed by atoms with Crippen molar-refractivity contribution in [1.82, 2.24) is 9.88 Å². The molecule has 3 rings (SSSR count). The molecule has 1 fully saturated rings. The third-order valence-electron chi connectivity index (χ3n) is 3.65. The molecule has 0 radical (unpaired) electrons. The SMILES string of the molecule is CCC1(O)CN(Cc2coc(-c3ccccc3)n2)C1. The van der Waals surface area contributed by atoms with Gasteiger partial charge in [-0.3, -0.25) is 4.90 Å². The van der Waals surface area contributed by atoms with E-state index in [4.69, 9.17) is 4.42 Å². The predicted molar refractivity (Wildman–Crippen MR) is 72.5 cm³/mol. The first-order chi connectivity index (χ1) is 9.18. The van der Waals surface area contributed by atoms with Crippen LogP contribution in [0.1, 0.15) is 19.0 Å². The Hall–Kier alpha value is -1.65. The molecule has 0 saturated carbocycles. The third kappa shape index (κ3) is 2.55. The van der Waals surface area contributed by atoms with E-state index < -0.39 is 5.60 Å². The van der Waals surface area contributed by atoms with Crippen molar-refractivity contribution < 1.29 is 9.52 Å². The largest absolute Gasteiger partial charge is 0.444 e. The maximum absolute atomic E-state index is 9.96. The molecule has 0 unspecified atom stereocenters. The van der Waals surface area contributed by atoms with Crippen LogP contribution in [-0.4, -0.2) is 33.7 Å². The lowest BCUT2D eigenvalue weighted by atomic mass is 9.91. The Bertz CT molecular complexity index is 544. The van der Waals surface area contributed by atoms with Crippen molar-refractivity contribution in [1.29, 1.82) is 0 Å². The summed E-state index contributed by atoms with van der Waals surface area (Å²) in [6, 6.07) is 9.87. The number of rotatable bonds is 4. The van der Waals surface area contributed by atoms with E-state index in [-0.39, 0.29) is 0 Å². The first-order valence-corrected chi connectivity index (χ1v) is 6.63. The van der Waals surface area contributed by atoms with Crippen LogP contribution in [0.2, 0.25) is 0 Å². The fraction of sp³-hybridized carbons (Fsp3) is 0.400. The molecule has 4 nitrogen and oxygen atoms in total. The summed E-state index contributed by atoms with van der Waals surface area (Å²) in [4.78, 5) is 6.66. The summed E-state index contributed by atoms with van der Waals surface area (Å²) in [5.74, 6) is 0.655. The van der Waals surface area contributed by atoms with E-state index in [1.807, 2.05) is 37.3 Å². The molecule has 1 aliphatic rings. The monoisotopic (exact) mass is 258 g/mol. The fourth-order valence-corrected chi connectivity index (χ4v) is 2.44. The van der Waals surface area contributed by atoms with E-state index in [0.29, 0.717) is 5.89 Å². The number of β-amino-alcohol motifs (C(OH)–C–C–N with tert-alkyl or cyclic N) is 1. The number of benzene rings is 1. The van der Waals surface area contributed by atoms with Crippen molar-refractivity contribution in [3.8, 4) is 11.5 Å². The third-order valence-corrected chi connectivity index (χ3v) is 3.65. The Morgan fingerprint density at radius 1 is 1.32 bits per heavy atom. The van der Waals surface area contributed by atoms with Crippen LogP contribution in [0.15, 0.2) is 41.0 Å². The zero-order chi connectivity index (χ0) is 13.3. The summed E-state index contributed by atoms with van der Waals surface area (Å²) in [5, 5.41) is 9.96. The van der Waals surface area contributed by atoms with Crippen molar-refractivity contribution >= 4 is 0 Å². The van der Waals surface area contributed by atoms with Gasteiger partial charge in [0.1, 0.15) is 6.26 Å². The van der Waals surface area contributed by atoms with Crippen LogP contribution in [-0.2, 0) is 6.54 Å². The second-order valence-corrected chi connectivity index (χ2v) is 5.23. The van der Waals surface area contributed by atoms with Gasteiger partial charge in [0.25, 0.3) is 0 Å². The highest BCUT2D eigenvalue weighted by Gasteiger charge is 2.39. The summed E-state index contributed by atoms with van der Waals surface area (Å²) in [7, 11) is 0. The van der Waals surface area contributed by atoms with E-state index in [0.717, 1.165) is 37.3 Å². The van der Waals surface area contributed by atoms with E-state index in [2.05, 4.69) is 9.88 Å². The Morgan fingerprint density at radius 2 is 2.05 bits per heavy atom. The van der Waals surface area contributed by atoms with Crippen molar-refractivity contribution in [3.05, 3.63) is 42.3 Å². The van der Waals surface area contributed by atoms with Crippen molar-refractivity contribution in [2.24, 2.45) is 0 Å². The number of oxazole rings is 1. The quantitative estimate of drug-likeness (QED) is 0.914. The number of aromatic nitrogens is 1. The van der Waals surface area contributed by atoms with Gasteiger partial charge in [0.2, 0.25) is 5.89 Å². The normalized spacial score (nSPS) is 18.2. The minimum absolute atomic E-state index is 0.494. The number of aliphatic hydroxyl groups is 1. The summed E-state index contributed by atoms with van der Waals surface area (Å²) in [5.41, 5.74) is 1.41. The van der Waals surface area contributed by atoms with Crippen LogP contribution in [0.25, 0.3) is 11.5 Å². The van der Waals surface area contributed by atoms with Gasteiger partial charge in [0.05, 0.1) is 11.3 Å². The summed E-state index contributed by atoms with van der Waals surface area (Å²) < 4.78 is 5.50. The molecule has 2 heterocycles. The average Bonchev–Trinajstić information content (AvgIpc) is 2.86. The molecule has 0 amide bonds. The topological polar surface area (TPSA) is 49.5 Å². The first kappa shape index (κ1) is 12.4. The van der Waals surface area contributed by atoms with Gasteiger partial charge in [-0.15, -0.1) is 0 Å². The highest BCUT2D eigenvalue weighted by molar-refractivity contribution is 5.52. The summed E-state index contributed by atoms with van der Waals surface area (Å²) >= 11 is 0. The van der Waals surface area contributed by atoms with Gasteiger partial charge in [-0.1, -0.05) is 25.1 Å². The molecule has 0 bridgehead atoms. The highest BCUT2D eigenvalue weighted by atomic mass is 16.3. The van der Waals surface area contributed by atoms with Gasteiger partial charge in [-0.2, -0.15) is 0 Å². The summed E-state index contributed by atoms with van der Waals surface area (Å²) in [6.07, 6.45) is 2.50. The van der Waals surface area contributed by atoms with E-state index >= 15 is 0 Å². The fourth-order valence-electron chi connectivity index (χ4n) is 2.44. The van der Waals surface area contributed by atoms with Crippen LogP contribution in [0.5, 0.6) is 0 Å². The van der Waals surface area contributed by atoms with Crippen LogP contribution < -0.4 is 0 Å². The standard InChI is InChI=1S/C15H18N2O2/c1-2-15(18)10-17(11-15)8-13-9-19-14(16-13)12-6-4-3-5-7-12/h3-7,9,18H,2,8,10-11H2,1H3. The number of likely N-dealkylation sites (tertiary alicyclic amines) is 1. The zero-order valence-electron chi connectivity index (χ0n) is 11.0. The zero-order valence-corrected chi connectivity index (χ0v) is 11.0. The molecule has 4 heteroatoms. The van der Waals surface area contributed by atoms with E-state index in [1.165, 1.54) is 0 Å². The van der Waals surface area contributed by atoms with Gasteiger partial charge in [0.15, 0.2) is 0 Å². The van der Waals surface area contributed by atoms with Gasteiger partial charge < -0.3 is 9.52 Å². The molecule has 0 aliphatic carbocycles. The molecular formula is C15H18N2O2. The van der Waals surface area contributed by atoms with Crippen LogP contribution >= 0.6 is 0 Å². The molecule has 0 spiro atoms. The lowest BCUT2D eigenvalue weighted by Gasteiger charge is -2.45. The molecule has 1 N–H and O–H groups in total. The molecule has 19 heavy (non-hydrogen) atoms. The van der Waals surface area contributed by atoms with Crippen molar-refractivity contribution in [2.75, 3.05) is 13.1 Å². The second-order valence-electron chi connectivity index (χ2n) is 5.23. The summed E-state index contributed by atoms with van der Waals surface area (Å²) in [6.45, 7) is 4.19. The maximum atomic E-state index is 9.96. The van der Waals surface area contributed by atoms with Crippen LogP contribution in [0.3, 0.4) is 0 Å². The Balaban J connectivity index is 1.64. The Labute approximate surface area is 112 Å². The van der Waals surface area contributed by atoms with Gasteiger partial charge in [-0.25, -0.2) is 4.98 Å². The molecule has 1 aromatic heterocycles. The number of hydrogen-bond donors (Lipinski definition) is 1. The molecule has 1 aromatic carbocycles. The molecule has 0 atom stereocenters. The smallest absolute Gasteiger partial charge is 0.226 e. The Kier molecular flexibility index (Phi) is 3.12. The van der Waals surface area contributed by atoms with Crippen LogP contribution in [0, 0.1) is 0 Å². The number of nitrogens with zero attached hydrogens (tertiary/aromatic N) is 2. The molecule has 1 aliphatic heterocycles. The number of hydrogen-bond acceptors (Lipinski definition) is 4. The highest BCUT2D eigenvalue weighted by Crippen LogP contribution is 2.26. The molecule has 100 valence electrons. The molecule has 2 aromatic rings. The lowest BCUT2D eigenvalue weighted by Crippen LogP contribution is -2.60. The molecular weight excluding hydrogens is 240 g/mol. The van der Waals surface area contributed by atoms with Crippen molar-refractivity contribution in [3.63, 3.8) is 0 Å². The average molecular weight is 258 g/mol. The van der Waals surface area contributed by atoms with Gasteiger partial charge in [-0.05, 0) is 18.6 Å². The van der Waals surface area contributed by atoms with Crippen LogP contribution in [0.4, 0.5) is 0 Å².